The molecule has 1 atom stereocenters. The van der Waals surface area contributed by atoms with Gasteiger partial charge in [0.25, 0.3) is 11.6 Å². The van der Waals surface area contributed by atoms with E-state index >= 15 is 0 Å². The van der Waals surface area contributed by atoms with E-state index in [2.05, 4.69) is 5.32 Å². The molecule has 9 heteroatoms. The standard InChI is InChI=1S/C17H16N2O6S/c1-11(25-16(20)6-3-12-7-8-26-10-12)17(21)18-14-5-4-13(19(22)23)9-15(14)24-2/h3-11H,1-2H3,(H,18,21)/b6-3+/t11-/m0/s1. The summed E-state index contributed by atoms with van der Waals surface area (Å²) in [6.07, 6.45) is 1.76. The van der Waals surface area contributed by atoms with Crippen molar-refractivity contribution in [1.82, 2.24) is 0 Å². The summed E-state index contributed by atoms with van der Waals surface area (Å²) >= 11 is 1.50. The Morgan fingerprint density at radius 3 is 2.73 bits per heavy atom. The highest BCUT2D eigenvalue weighted by Crippen LogP contribution is 2.29. The number of nitrogens with zero attached hydrogens (tertiary/aromatic N) is 1. The van der Waals surface area contributed by atoms with Gasteiger partial charge in [0.1, 0.15) is 5.75 Å². The molecule has 0 saturated heterocycles. The molecule has 0 aliphatic carbocycles. The van der Waals surface area contributed by atoms with Gasteiger partial charge in [-0.25, -0.2) is 4.79 Å². The Bertz CT molecular complexity index is 832. The van der Waals surface area contributed by atoms with Gasteiger partial charge in [0.15, 0.2) is 6.10 Å². The molecular weight excluding hydrogens is 360 g/mol. The first-order valence-corrected chi connectivity index (χ1v) is 8.39. The third-order valence-electron chi connectivity index (χ3n) is 3.27. The van der Waals surface area contributed by atoms with Crippen LogP contribution in [0, 0.1) is 10.1 Å². The van der Waals surface area contributed by atoms with Gasteiger partial charge in [0, 0.05) is 12.1 Å². The van der Waals surface area contributed by atoms with Crippen molar-refractivity contribution in [1.29, 1.82) is 0 Å². The van der Waals surface area contributed by atoms with Crippen molar-refractivity contribution in [2.75, 3.05) is 12.4 Å². The number of rotatable bonds is 7. The van der Waals surface area contributed by atoms with Gasteiger partial charge in [-0.3, -0.25) is 14.9 Å². The van der Waals surface area contributed by atoms with Crippen molar-refractivity contribution in [2.45, 2.75) is 13.0 Å². The number of hydrogen-bond acceptors (Lipinski definition) is 7. The zero-order valence-electron chi connectivity index (χ0n) is 14.0. The summed E-state index contributed by atoms with van der Waals surface area (Å²) in [5, 5.41) is 17.0. The average Bonchev–Trinajstić information content (AvgIpc) is 3.13. The molecule has 8 nitrogen and oxygen atoms in total. The van der Waals surface area contributed by atoms with Crippen LogP contribution in [-0.2, 0) is 14.3 Å². The highest BCUT2D eigenvalue weighted by atomic mass is 32.1. The first kappa shape index (κ1) is 19.1. The Kier molecular flexibility index (Phi) is 6.45. The fourth-order valence-electron chi connectivity index (χ4n) is 1.93. The lowest BCUT2D eigenvalue weighted by atomic mass is 10.2. The molecule has 136 valence electrons. The Morgan fingerprint density at radius 1 is 1.35 bits per heavy atom. The maximum atomic E-state index is 12.2. The molecule has 2 aromatic rings. The first-order valence-electron chi connectivity index (χ1n) is 7.45. The lowest BCUT2D eigenvalue weighted by molar-refractivity contribution is -0.384. The van der Waals surface area contributed by atoms with Crippen LogP contribution in [0.2, 0.25) is 0 Å². The Labute approximate surface area is 153 Å². The van der Waals surface area contributed by atoms with Crippen LogP contribution in [0.15, 0.2) is 41.1 Å². The number of nitrogens with one attached hydrogen (secondary N) is 1. The summed E-state index contributed by atoms with van der Waals surface area (Å²) in [6, 6.07) is 5.61. The fraction of sp³-hybridized carbons (Fsp3) is 0.176. The number of thiophene rings is 1. The second-order valence-corrected chi connectivity index (χ2v) is 5.88. The molecular formula is C17H16N2O6S. The molecule has 0 spiro atoms. The van der Waals surface area contributed by atoms with Crippen molar-refractivity contribution < 1.29 is 24.0 Å². The van der Waals surface area contributed by atoms with E-state index in [1.807, 2.05) is 16.8 Å². The largest absolute Gasteiger partial charge is 0.494 e. The van der Waals surface area contributed by atoms with Gasteiger partial charge < -0.3 is 14.8 Å². The molecule has 1 heterocycles. The van der Waals surface area contributed by atoms with E-state index in [9.17, 15) is 19.7 Å². The van der Waals surface area contributed by atoms with Crippen molar-refractivity contribution in [3.05, 3.63) is 56.8 Å². The highest BCUT2D eigenvalue weighted by Gasteiger charge is 2.19. The van der Waals surface area contributed by atoms with Crippen LogP contribution in [-0.4, -0.2) is 30.0 Å². The van der Waals surface area contributed by atoms with Crippen molar-refractivity contribution in [3.8, 4) is 5.75 Å². The van der Waals surface area contributed by atoms with Crippen molar-refractivity contribution in [2.24, 2.45) is 0 Å². The number of nitro groups is 1. The van der Waals surface area contributed by atoms with Crippen molar-refractivity contribution >= 4 is 40.7 Å². The predicted molar refractivity (Wildman–Crippen MR) is 97.2 cm³/mol. The summed E-state index contributed by atoms with van der Waals surface area (Å²) in [5.74, 6) is -1.12. The SMILES string of the molecule is COc1cc([N+](=O)[O-])ccc1NC(=O)[C@H](C)OC(=O)/C=C/c1ccsc1. The van der Waals surface area contributed by atoms with Gasteiger partial charge in [-0.1, -0.05) is 0 Å². The smallest absolute Gasteiger partial charge is 0.331 e. The van der Waals surface area contributed by atoms with Gasteiger partial charge in [-0.15, -0.1) is 0 Å². The van der Waals surface area contributed by atoms with E-state index in [0.717, 1.165) is 5.56 Å². The average molecular weight is 376 g/mol. The molecule has 0 saturated carbocycles. The highest BCUT2D eigenvalue weighted by molar-refractivity contribution is 7.08. The number of carbonyl (C=O) groups excluding carboxylic acids is 2. The van der Waals surface area contributed by atoms with Crippen LogP contribution in [0.1, 0.15) is 12.5 Å². The Balaban J connectivity index is 1.98. The molecule has 1 aromatic heterocycles. The number of ether oxygens (including phenoxy) is 2. The van der Waals surface area contributed by atoms with E-state index in [1.54, 1.807) is 6.08 Å². The van der Waals surface area contributed by atoms with Gasteiger partial charge in [0.05, 0.1) is 23.8 Å². The first-order chi connectivity index (χ1) is 12.4. The normalized spacial score (nSPS) is 11.8. The zero-order chi connectivity index (χ0) is 19.1. The number of nitro benzene ring substituents is 1. The maximum Gasteiger partial charge on any atom is 0.331 e. The quantitative estimate of drug-likeness (QED) is 0.344. The van der Waals surface area contributed by atoms with Crippen LogP contribution in [0.25, 0.3) is 6.08 Å². The van der Waals surface area contributed by atoms with Gasteiger partial charge in [-0.05, 0) is 41.5 Å². The zero-order valence-corrected chi connectivity index (χ0v) is 14.8. The number of methoxy groups -OCH3 is 1. The minimum atomic E-state index is -1.06. The second kappa shape index (κ2) is 8.77. The number of benzene rings is 1. The molecule has 1 N–H and O–H groups in total. The van der Waals surface area contributed by atoms with Crippen LogP contribution < -0.4 is 10.1 Å². The summed E-state index contributed by atoms with van der Waals surface area (Å²) in [5.41, 5.74) is 0.928. The molecule has 0 bridgehead atoms. The molecule has 0 aliphatic heterocycles. The molecule has 0 radical (unpaired) electrons. The maximum absolute atomic E-state index is 12.2. The van der Waals surface area contributed by atoms with Crippen LogP contribution in [0.3, 0.4) is 0 Å². The fourth-order valence-corrected chi connectivity index (χ4v) is 2.56. The number of amides is 1. The summed E-state index contributed by atoms with van der Waals surface area (Å²) in [7, 11) is 1.33. The monoisotopic (exact) mass is 376 g/mol. The van der Waals surface area contributed by atoms with Crippen molar-refractivity contribution in [3.63, 3.8) is 0 Å². The van der Waals surface area contributed by atoms with E-state index in [0.29, 0.717) is 0 Å². The van der Waals surface area contributed by atoms with E-state index in [-0.39, 0.29) is 17.1 Å². The number of hydrogen-bond donors (Lipinski definition) is 1. The van der Waals surface area contributed by atoms with Gasteiger partial charge >= 0.3 is 5.97 Å². The summed E-state index contributed by atoms with van der Waals surface area (Å²) in [6.45, 7) is 1.42. The summed E-state index contributed by atoms with van der Waals surface area (Å²) < 4.78 is 10.1. The third-order valence-corrected chi connectivity index (χ3v) is 3.97. The van der Waals surface area contributed by atoms with Crippen LogP contribution >= 0.6 is 11.3 Å². The molecule has 26 heavy (non-hydrogen) atoms. The molecule has 1 amide bonds. The van der Waals surface area contributed by atoms with E-state index < -0.39 is 22.9 Å². The summed E-state index contributed by atoms with van der Waals surface area (Å²) in [4.78, 5) is 34.1. The second-order valence-electron chi connectivity index (χ2n) is 5.10. The predicted octanol–water partition coefficient (Wildman–Crippen LogP) is 3.25. The van der Waals surface area contributed by atoms with E-state index in [1.165, 1.54) is 49.6 Å². The van der Waals surface area contributed by atoms with Crippen LogP contribution in [0.5, 0.6) is 5.75 Å². The minimum absolute atomic E-state index is 0.128. The number of esters is 1. The number of anilines is 1. The molecule has 2 rings (SSSR count). The Morgan fingerprint density at radius 2 is 2.12 bits per heavy atom. The number of carbonyl (C=O) groups is 2. The van der Waals surface area contributed by atoms with E-state index in [4.69, 9.17) is 9.47 Å². The lowest BCUT2D eigenvalue weighted by Gasteiger charge is -2.14. The molecule has 0 aliphatic rings. The van der Waals surface area contributed by atoms with Gasteiger partial charge in [-0.2, -0.15) is 11.3 Å². The molecule has 0 fully saturated rings. The minimum Gasteiger partial charge on any atom is -0.494 e. The van der Waals surface area contributed by atoms with Crippen LogP contribution in [0.4, 0.5) is 11.4 Å². The molecule has 0 unspecified atom stereocenters. The lowest BCUT2D eigenvalue weighted by Crippen LogP contribution is -2.29. The third kappa shape index (κ3) is 5.15. The Hall–Kier alpha value is -3.20. The molecule has 1 aromatic carbocycles. The number of non-ortho nitro benzene ring substituents is 1. The topological polar surface area (TPSA) is 108 Å². The van der Waals surface area contributed by atoms with Gasteiger partial charge in [0.2, 0.25) is 0 Å².